The summed E-state index contributed by atoms with van der Waals surface area (Å²) in [6.45, 7) is 9.28. The number of piperazine rings is 1. The van der Waals surface area contributed by atoms with Crippen molar-refractivity contribution in [2.75, 3.05) is 32.7 Å². The number of rotatable bonds is 1. The van der Waals surface area contributed by atoms with Crippen molar-refractivity contribution < 1.29 is 19.8 Å². The second-order valence-electron chi connectivity index (χ2n) is 6.82. The lowest BCUT2D eigenvalue weighted by Crippen LogP contribution is -2.58. The normalized spacial score (nSPS) is 28.0. The number of aliphatic hydroxyl groups excluding tert-OH is 1. The Morgan fingerprint density at radius 2 is 1.67 bits per heavy atom. The van der Waals surface area contributed by atoms with Crippen LogP contribution < -0.4 is 0 Å². The highest BCUT2D eigenvalue weighted by Crippen LogP contribution is 2.22. The van der Waals surface area contributed by atoms with Gasteiger partial charge in [-0.1, -0.05) is 0 Å². The molecule has 2 amide bonds. The molecule has 0 aromatic carbocycles. The van der Waals surface area contributed by atoms with Crippen LogP contribution in [0.1, 0.15) is 27.2 Å². The Bertz CT molecular complexity index is 413. The molecule has 0 aromatic rings. The summed E-state index contributed by atoms with van der Waals surface area (Å²) in [5.74, 6) is -1.05. The number of carboxylic acid groups (broad SMARTS) is 1. The van der Waals surface area contributed by atoms with Gasteiger partial charge in [0.05, 0.1) is 6.10 Å². The second-order valence-corrected chi connectivity index (χ2v) is 6.82. The smallest absolute Gasteiger partial charge is 0.326 e. The van der Waals surface area contributed by atoms with Crippen LogP contribution in [-0.4, -0.2) is 87.3 Å². The number of carboxylic acids is 1. The van der Waals surface area contributed by atoms with E-state index in [-0.39, 0.29) is 24.5 Å². The Hall–Kier alpha value is -1.34. The molecule has 2 N–H and O–H groups in total. The molecular weight excluding hydrogens is 274 g/mol. The van der Waals surface area contributed by atoms with Crippen molar-refractivity contribution in [3.63, 3.8) is 0 Å². The quantitative estimate of drug-likeness (QED) is 0.714. The maximum Gasteiger partial charge on any atom is 0.326 e. The molecule has 0 bridgehead atoms. The molecule has 0 spiro atoms. The summed E-state index contributed by atoms with van der Waals surface area (Å²) in [6, 6.07) is -1.18. The molecule has 7 heteroatoms. The minimum Gasteiger partial charge on any atom is -0.480 e. The summed E-state index contributed by atoms with van der Waals surface area (Å²) in [5, 5.41) is 18.8. The highest BCUT2D eigenvalue weighted by atomic mass is 16.4. The van der Waals surface area contributed by atoms with Crippen LogP contribution in [0.3, 0.4) is 0 Å². The van der Waals surface area contributed by atoms with Crippen molar-refractivity contribution in [1.29, 1.82) is 0 Å². The zero-order valence-electron chi connectivity index (χ0n) is 12.9. The lowest BCUT2D eigenvalue weighted by Gasteiger charge is -2.43. The molecule has 0 saturated carbocycles. The molecule has 0 aromatic heterocycles. The Morgan fingerprint density at radius 3 is 2.14 bits per heavy atom. The molecule has 2 aliphatic rings. The van der Waals surface area contributed by atoms with E-state index in [1.807, 2.05) is 0 Å². The first-order chi connectivity index (χ1) is 9.70. The number of urea groups is 1. The monoisotopic (exact) mass is 299 g/mol. The van der Waals surface area contributed by atoms with Crippen LogP contribution in [0.25, 0.3) is 0 Å². The average Bonchev–Trinajstić information content (AvgIpc) is 2.79. The van der Waals surface area contributed by atoms with E-state index in [0.717, 1.165) is 13.1 Å². The van der Waals surface area contributed by atoms with E-state index < -0.39 is 18.1 Å². The molecule has 2 atom stereocenters. The van der Waals surface area contributed by atoms with Crippen LogP contribution in [0, 0.1) is 0 Å². The fourth-order valence-electron chi connectivity index (χ4n) is 3.01. The van der Waals surface area contributed by atoms with Gasteiger partial charge in [0.15, 0.2) is 0 Å². The largest absolute Gasteiger partial charge is 0.480 e. The first kappa shape index (κ1) is 16.0. The van der Waals surface area contributed by atoms with Crippen LogP contribution in [0.2, 0.25) is 0 Å². The number of hydrogen-bond donors (Lipinski definition) is 2. The van der Waals surface area contributed by atoms with Crippen LogP contribution in [0.5, 0.6) is 0 Å². The lowest BCUT2D eigenvalue weighted by atomic mass is 10.1. The zero-order chi connectivity index (χ0) is 15.8. The van der Waals surface area contributed by atoms with E-state index in [9.17, 15) is 14.7 Å². The van der Waals surface area contributed by atoms with Crippen molar-refractivity contribution in [2.45, 2.75) is 44.9 Å². The van der Waals surface area contributed by atoms with E-state index in [0.29, 0.717) is 13.1 Å². The van der Waals surface area contributed by atoms with Gasteiger partial charge in [-0.2, -0.15) is 0 Å². The number of aliphatic hydroxyl groups is 1. The summed E-state index contributed by atoms with van der Waals surface area (Å²) in [4.78, 5) is 29.0. The number of likely N-dealkylation sites (tertiary alicyclic amines) is 1. The molecule has 2 rings (SSSR count). The molecule has 7 nitrogen and oxygen atoms in total. The molecule has 0 radical (unpaired) electrons. The van der Waals surface area contributed by atoms with E-state index >= 15 is 0 Å². The van der Waals surface area contributed by atoms with Gasteiger partial charge in [0.25, 0.3) is 0 Å². The number of hydrogen-bond acceptors (Lipinski definition) is 4. The number of β-amino-alcohol motifs (C(OH)–C–C–N with tert-alkyl or cyclic N) is 1. The van der Waals surface area contributed by atoms with Crippen LogP contribution in [0.4, 0.5) is 4.79 Å². The number of carbonyl (C=O) groups is 2. The maximum atomic E-state index is 12.5. The minimum absolute atomic E-state index is 0.0720. The first-order valence-corrected chi connectivity index (χ1v) is 7.41. The van der Waals surface area contributed by atoms with E-state index in [1.54, 1.807) is 4.90 Å². The SMILES string of the molecule is CC(C)(C)N1CCN(C(=O)N2CC(O)C[C@H]2C(=O)O)CC1. The number of aliphatic carboxylic acids is 1. The van der Waals surface area contributed by atoms with Gasteiger partial charge in [0.1, 0.15) is 6.04 Å². The van der Waals surface area contributed by atoms with Gasteiger partial charge in [0, 0.05) is 44.7 Å². The molecule has 120 valence electrons. The summed E-state index contributed by atoms with van der Waals surface area (Å²) in [5.41, 5.74) is 0.0720. The van der Waals surface area contributed by atoms with Crippen molar-refractivity contribution in [3.05, 3.63) is 0 Å². The predicted octanol–water partition coefficient (Wildman–Crippen LogP) is 0.0423. The second kappa shape index (κ2) is 5.81. The van der Waals surface area contributed by atoms with Gasteiger partial charge >= 0.3 is 12.0 Å². The number of nitrogens with zero attached hydrogens (tertiary/aromatic N) is 3. The zero-order valence-corrected chi connectivity index (χ0v) is 12.9. The minimum atomic E-state index is -1.05. The Kier molecular flexibility index (Phi) is 4.43. The Balaban J connectivity index is 1.97. The molecule has 2 fully saturated rings. The Morgan fingerprint density at radius 1 is 1.10 bits per heavy atom. The van der Waals surface area contributed by atoms with Crippen LogP contribution >= 0.6 is 0 Å². The third kappa shape index (κ3) is 3.47. The standard InChI is InChI=1S/C14H25N3O4/c1-14(2,3)16-6-4-15(5-7-16)13(21)17-9-10(18)8-11(17)12(19)20/h10-11,18H,4-9H2,1-3H3,(H,19,20)/t10?,11-/m0/s1. The molecule has 21 heavy (non-hydrogen) atoms. The van der Waals surface area contributed by atoms with Crippen molar-refractivity contribution in [2.24, 2.45) is 0 Å². The highest BCUT2D eigenvalue weighted by molar-refractivity contribution is 5.83. The molecule has 2 aliphatic heterocycles. The third-order valence-corrected chi connectivity index (χ3v) is 4.31. The van der Waals surface area contributed by atoms with Gasteiger partial charge in [0.2, 0.25) is 0 Å². The molecule has 0 aliphatic carbocycles. The summed E-state index contributed by atoms with van der Waals surface area (Å²) < 4.78 is 0. The summed E-state index contributed by atoms with van der Waals surface area (Å²) in [6.07, 6.45) is -0.630. The van der Waals surface area contributed by atoms with Crippen LogP contribution in [0.15, 0.2) is 0 Å². The van der Waals surface area contributed by atoms with Crippen molar-refractivity contribution >= 4 is 12.0 Å². The topological polar surface area (TPSA) is 84.3 Å². The molecule has 2 heterocycles. The number of carbonyl (C=O) groups excluding carboxylic acids is 1. The summed E-state index contributed by atoms with van der Waals surface area (Å²) >= 11 is 0. The molecule has 1 unspecified atom stereocenters. The molecule has 2 saturated heterocycles. The van der Waals surface area contributed by atoms with Gasteiger partial charge in [-0.25, -0.2) is 9.59 Å². The van der Waals surface area contributed by atoms with E-state index in [2.05, 4.69) is 25.7 Å². The maximum absolute atomic E-state index is 12.5. The van der Waals surface area contributed by atoms with E-state index in [1.165, 1.54) is 4.90 Å². The number of amides is 2. The van der Waals surface area contributed by atoms with Crippen LogP contribution in [-0.2, 0) is 4.79 Å². The lowest BCUT2D eigenvalue weighted by molar-refractivity contribution is -0.141. The Labute approximate surface area is 125 Å². The van der Waals surface area contributed by atoms with Crippen molar-refractivity contribution in [3.8, 4) is 0 Å². The predicted molar refractivity (Wildman–Crippen MR) is 77.0 cm³/mol. The van der Waals surface area contributed by atoms with E-state index in [4.69, 9.17) is 5.11 Å². The van der Waals surface area contributed by atoms with Gasteiger partial charge in [-0.15, -0.1) is 0 Å². The van der Waals surface area contributed by atoms with Gasteiger partial charge < -0.3 is 20.0 Å². The fraction of sp³-hybridized carbons (Fsp3) is 0.857. The third-order valence-electron chi connectivity index (χ3n) is 4.31. The van der Waals surface area contributed by atoms with Gasteiger partial charge in [-0.05, 0) is 20.8 Å². The average molecular weight is 299 g/mol. The van der Waals surface area contributed by atoms with Gasteiger partial charge in [-0.3, -0.25) is 4.90 Å². The summed E-state index contributed by atoms with van der Waals surface area (Å²) in [7, 11) is 0. The highest BCUT2D eigenvalue weighted by Gasteiger charge is 2.41. The fourth-order valence-corrected chi connectivity index (χ4v) is 3.01. The first-order valence-electron chi connectivity index (χ1n) is 7.41. The molecular formula is C14H25N3O4. The van der Waals surface area contributed by atoms with Crippen molar-refractivity contribution in [1.82, 2.24) is 14.7 Å².